The summed E-state index contributed by atoms with van der Waals surface area (Å²) in [5.41, 5.74) is 1.04. The van der Waals surface area contributed by atoms with Crippen molar-refractivity contribution in [1.82, 2.24) is 4.98 Å². The molecule has 1 aliphatic heterocycles. The number of nitrogens with zero attached hydrogens (tertiary/aromatic N) is 2. The molecule has 0 unspecified atom stereocenters. The first-order valence-electron chi connectivity index (χ1n) is 8.76. The fourth-order valence-electron chi connectivity index (χ4n) is 3.51. The SMILES string of the molecule is CCO[C@H]1CN(c2nc3c(s2)C(=O)C=C(C2CC2)C3=O)CC[C@H]1C. The summed E-state index contributed by atoms with van der Waals surface area (Å²) in [6.07, 6.45) is 4.78. The molecule has 0 amide bonds. The Hall–Kier alpha value is -1.53. The highest BCUT2D eigenvalue weighted by Crippen LogP contribution is 2.42. The van der Waals surface area contributed by atoms with Crippen LogP contribution in [0.15, 0.2) is 11.6 Å². The first-order valence-corrected chi connectivity index (χ1v) is 9.58. The van der Waals surface area contributed by atoms with Crippen molar-refractivity contribution in [1.29, 1.82) is 0 Å². The summed E-state index contributed by atoms with van der Waals surface area (Å²) in [4.78, 5) is 32.3. The van der Waals surface area contributed by atoms with E-state index in [-0.39, 0.29) is 23.6 Å². The molecule has 5 nitrogen and oxygen atoms in total. The average molecular weight is 346 g/mol. The number of anilines is 1. The Bertz CT molecular complexity index is 720. The molecule has 2 fully saturated rings. The van der Waals surface area contributed by atoms with Crippen LogP contribution in [0.5, 0.6) is 0 Å². The van der Waals surface area contributed by atoms with Crippen LogP contribution >= 0.6 is 11.3 Å². The van der Waals surface area contributed by atoms with Crippen molar-refractivity contribution in [2.45, 2.75) is 39.2 Å². The molecule has 2 aliphatic carbocycles. The zero-order valence-corrected chi connectivity index (χ0v) is 14.9. The summed E-state index contributed by atoms with van der Waals surface area (Å²) in [6.45, 7) is 6.58. The van der Waals surface area contributed by atoms with Crippen molar-refractivity contribution < 1.29 is 14.3 Å². The maximum Gasteiger partial charge on any atom is 0.209 e. The fraction of sp³-hybridized carbons (Fsp3) is 0.611. The van der Waals surface area contributed by atoms with E-state index >= 15 is 0 Å². The lowest BCUT2D eigenvalue weighted by Crippen LogP contribution is -2.44. The van der Waals surface area contributed by atoms with Crippen LogP contribution in [0, 0.1) is 11.8 Å². The van der Waals surface area contributed by atoms with Gasteiger partial charge in [0, 0.05) is 25.3 Å². The zero-order valence-electron chi connectivity index (χ0n) is 14.1. The minimum Gasteiger partial charge on any atom is -0.376 e. The minimum atomic E-state index is -0.0537. The molecule has 1 aromatic rings. The number of aromatic nitrogens is 1. The molecule has 2 atom stereocenters. The van der Waals surface area contributed by atoms with E-state index in [1.165, 1.54) is 11.3 Å². The molecule has 4 rings (SSSR count). The van der Waals surface area contributed by atoms with Gasteiger partial charge in [-0.1, -0.05) is 18.3 Å². The molecule has 24 heavy (non-hydrogen) atoms. The normalized spacial score (nSPS) is 27.2. The van der Waals surface area contributed by atoms with Crippen molar-refractivity contribution in [3.63, 3.8) is 0 Å². The molecule has 0 N–H and O–H groups in total. The Labute approximate surface area is 145 Å². The monoisotopic (exact) mass is 346 g/mol. The van der Waals surface area contributed by atoms with E-state index in [0.29, 0.717) is 28.7 Å². The molecule has 1 aromatic heterocycles. The van der Waals surface area contributed by atoms with Gasteiger partial charge in [-0.2, -0.15) is 0 Å². The highest BCUT2D eigenvalue weighted by molar-refractivity contribution is 7.18. The van der Waals surface area contributed by atoms with Gasteiger partial charge in [-0.15, -0.1) is 0 Å². The third kappa shape index (κ3) is 2.71. The van der Waals surface area contributed by atoms with Gasteiger partial charge in [0.15, 0.2) is 10.9 Å². The highest BCUT2D eigenvalue weighted by Gasteiger charge is 2.39. The van der Waals surface area contributed by atoms with E-state index in [4.69, 9.17) is 4.74 Å². The van der Waals surface area contributed by atoms with Crippen molar-refractivity contribution >= 4 is 28.0 Å². The lowest BCUT2D eigenvalue weighted by atomic mass is 9.95. The third-order valence-corrected chi connectivity index (χ3v) is 6.29. The molecule has 1 saturated carbocycles. The van der Waals surface area contributed by atoms with Gasteiger partial charge in [-0.3, -0.25) is 9.59 Å². The smallest absolute Gasteiger partial charge is 0.209 e. The zero-order chi connectivity index (χ0) is 16.8. The molecule has 0 aromatic carbocycles. The van der Waals surface area contributed by atoms with Gasteiger partial charge < -0.3 is 9.64 Å². The second-order valence-corrected chi connectivity index (χ2v) is 7.92. The van der Waals surface area contributed by atoms with E-state index in [1.54, 1.807) is 6.08 Å². The quantitative estimate of drug-likeness (QED) is 0.838. The van der Waals surface area contributed by atoms with Gasteiger partial charge in [0.05, 0.1) is 6.10 Å². The maximum absolute atomic E-state index is 12.6. The number of carbonyl (C=O) groups is 2. The number of fused-ring (bicyclic) bond motifs is 1. The summed E-state index contributed by atoms with van der Waals surface area (Å²) < 4.78 is 5.84. The van der Waals surface area contributed by atoms with Crippen LogP contribution in [0.3, 0.4) is 0 Å². The van der Waals surface area contributed by atoms with Crippen LogP contribution in [0.2, 0.25) is 0 Å². The van der Waals surface area contributed by atoms with Crippen LogP contribution in [0.25, 0.3) is 0 Å². The Balaban J connectivity index is 1.59. The number of ketones is 2. The van der Waals surface area contributed by atoms with Gasteiger partial charge >= 0.3 is 0 Å². The molecular formula is C18H22N2O3S. The van der Waals surface area contributed by atoms with Crippen LogP contribution in [-0.4, -0.2) is 42.4 Å². The molecule has 0 radical (unpaired) electrons. The number of piperidine rings is 1. The second kappa shape index (κ2) is 6.08. The van der Waals surface area contributed by atoms with E-state index in [0.717, 1.165) is 37.5 Å². The van der Waals surface area contributed by atoms with Crippen LogP contribution in [0.1, 0.15) is 53.3 Å². The fourth-order valence-corrected chi connectivity index (χ4v) is 4.52. The molecule has 2 heterocycles. The van der Waals surface area contributed by atoms with Gasteiger partial charge in [0.1, 0.15) is 10.6 Å². The Morgan fingerprint density at radius 3 is 2.83 bits per heavy atom. The van der Waals surface area contributed by atoms with Crippen molar-refractivity contribution in [3.8, 4) is 0 Å². The van der Waals surface area contributed by atoms with E-state index < -0.39 is 0 Å². The Morgan fingerprint density at radius 1 is 1.33 bits per heavy atom. The maximum atomic E-state index is 12.6. The van der Waals surface area contributed by atoms with E-state index in [9.17, 15) is 9.59 Å². The van der Waals surface area contributed by atoms with Gasteiger partial charge in [-0.05, 0) is 44.1 Å². The molecule has 0 spiro atoms. The summed E-state index contributed by atoms with van der Waals surface area (Å²) in [7, 11) is 0. The number of hydrogen-bond donors (Lipinski definition) is 0. The highest BCUT2D eigenvalue weighted by atomic mass is 32.1. The minimum absolute atomic E-state index is 0.0404. The first-order chi connectivity index (χ1) is 11.6. The number of ether oxygens (including phenoxy) is 1. The number of Topliss-reactive ketones (excluding diaryl/α,β-unsaturated/α-hetero) is 1. The predicted octanol–water partition coefficient (Wildman–Crippen LogP) is 3.11. The number of thiazole rings is 1. The standard InChI is InChI=1S/C18H22N2O3S/c1-3-23-14-9-20(7-6-10(14)2)18-19-15-16(22)12(11-4-5-11)8-13(21)17(15)24-18/h8,10-11,14H,3-7,9H2,1-2H3/t10-,14+/m1/s1. The van der Waals surface area contributed by atoms with E-state index in [1.807, 2.05) is 6.92 Å². The molecule has 6 heteroatoms. The van der Waals surface area contributed by atoms with Crippen LogP contribution in [-0.2, 0) is 4.74 Å². The van der Waals surface area contributed by atoms with Gasteiger partial charge in [0.25, 0.3) is 0 Å². The summed E-state index contributed by atoms with van der Waals surface area (Å²) in [6, 6.07) is 0. The Morgan fingerprint density at radius 2 is 2.12 bits per heavy atom. The number of hydrogen-bond acceptors (Lipinski definition) is 6. The lowest BCUT2D eigenvalue weighted by molar-refractivity contribution is 0.0186. The number of carbonyl (C=O) groups excluding carboxylic acids is 2. The van der Waals surface area contributed by atoms with Gasteiger partial charge in [-0.25, -0.2) is 4.98 Å². The second-order valence-electron chi connectivity index (χ2n) is 6.95. The lowest BCUT2D eigenvalue weighted by Gasteiger charge is -2.36. The predicted molar refractivity (Wildman–Crippen MR) is 93.0 cm³/mol. The summed E-state index contributed by atoms with van der Waals surface area (Å²) in [5, 5.41) is 0.781. The van der Waals surface area contributed by atoms with E-state index in [2.05, 4.69) is 16.8 Å². The van der Waals surface area contributed by atoms with Crippen molar-refractivity contribution in [3.05, 3.63) is 22.2 Å². The van der Waals surface area contributed by atoms with Gasteiger partial charge in [0.2, 0.25) is 5.78 Å². The molecule has 3 aliphatic rings. The summed E-state index contributed by atoms with van der Waals surface area (Å²) >= 11 is 1.35. The van der Waals surface area contributed by atoms with Crippen LogP contribution < -0.4 is 4.90 Å². The number of rotatable bonds is 4. The third-order valence-electron chi connectivity index (χ3n) is 5.16. The van der Waals surface area contributed by atoms with Crippen molar-refractivity contribution in [2.75, 3.05) is 24.6 Å². The summed E-state index contributed by atoms with van der Waals surface area (Å²) in [5.74, 6) is 0.698. The molecule has 0 bridgehead atoms. The molecular weight excluding hydrogens is 324 g/mol. The Kier molecular flexibility index (Phi) is 4.04. The average Bonchev–Trinajstić information content (AvgIpc) is 3.30. The number of allylic oxidation sites excluding steroid dienone is 2. The van der Waals surface area contributed by atoms with Crippen LogP contribution in [0.4, 0.5) is 5.13 Å². The topological polar surface area (TPSA) is 59.5 Å². The molecule has 128 valence electrons. The largest absolute Gasteiger partial charge is 0.376 e. The molecule has 1 saturated heterocycles. The van der Waals surface area contributed by atoms with Crippen molar-refractivity contribution in [2.24, 2.45) is 11.8 Å². The first kappa shape index (κ1) is 16.0.